The average molecular weight is 307 g/mol. The summed E-state index contributed by atoms with van der Waals surface area (Å²) >= 11 is 9.02. The lowest BCUT2D eigenvalue weighted by atomic mass is 10.2. The number of carbonyl (C=O) groups is 2. The van der Waals surface area contributed by atoms with Gasteiger partial charge in [-0.3, -0.25) is 4.79 Å². The zero-order chi connectivity index (χ0) is 12.3. The van der Waals surface area contributed by atoms with Crippen molar-refractivity contribution in [2.75, 3.05) is 0 Å². The van der Waals surface area contributed by atoms with Crippen molar-refractivity contribution in [3.05, 3.63) is 33.3 Å². The minimum atomic E-state index is -0.984. The molecule has 86 valence electrons. The van der Waals surface area contributed by atoms with Crippen LogP contribution < -0.4 is 5.73 Å². The summed E-state index contributed by atoms with van der Waals surface area (Å²) in [6.45, 7) is 1.39. The summed E-state index contributed by atoms with van der Waals surface area (Å²) in [5.41, 5.74) is 5.16. The summed E-state index contributed by atoms with van der Waals surface area (Å²) in [5.74, 6) is -1.39. The molecule has 2 N–H and O–H groups in total. The van der Waals surface area contributed by atoms with Gasteiger partial charge in [0.2, 0.25) is 0 Å². The molecular formula is C10H9BrClNO3. The highest BCUT2D eigenvalue weighted by atomic mass is 79.9. The third kappa shape index (κ3) is 3.21. The second kappa shape index (κ2) is 5.32. The Hall–Kier alpha value is -1.07. The molecule has 0 spiro atoms. The highest BCUT2D eigenvalue weighted by molar-refractivity contribution is 9.10. The quantitative estimate of drug-likeness (QED) is 0.870. The second-order valence-corrected chi connectivity index (χ2v) is 4.40. The number of nitrogens with two attached hydrogens (primary N) is 1. The molecule has 0 fully saturated rings. The molecular weight excluding hydrogens is 297 g/mol. The Morgan fingerprint density at radius 1 is 1.50 bits per heavy atom. The molecule has 1 aromatic rings. The first-order valence-electron chi connectivity index (χ1n) is 4.37. The Labute approximate surface area is 106 Å². The SMILES string of the molecule is C[C@@H](OC(=O)c1cc(Br)ccc1Cl)C(N)=O. The number of esters is 1. The van der Waals surface area contributed by atoms with Crippen LogP contribution in [0, 0.1) is 0 Å². The molecule has 0 aliphatic carbocycles. The van der Waals surface area contributed by atoms with Gasteiger partial charge in [-0.25, -0.2) is 4.79 Å². The maximum atomic E-state index is 11.6. The summed E-state index contributed by atoms with van der Waals surface area (Å²) < 4.78 is 5.51. The summed E-state index contributed by atoms with van der Waals surface area (Å²) in [7, 11) is 0. The largest absolute Gasteiger partial charge is 0.449 e. The number of hydrogen-bond acceptors (Lipinski definition) is 3. The van der Waals surface area contributed by atoms with Crippen molar-refractivity contribution in [1.29, 1.82) is 0 Å². The van der Waals surface area contributed by atoms with Gasteiger partial charge in [-0.05, 0) is 25.1 Å². The van der Waals surface area contributed by atoms with E-state index in [1.54, 1.807) is 12.1 Å². The van der Waals surface area contributed by atoms with E-state index < -0.39 is 18.0 Å². The van der Waals surface area contributed by atoms with Crippen LogP contribution in [0.25, 0.3) is 0 Å². The van der Waals surface area contributed by atoms with Gasteiger partial charge in [0.05, 0.1) is 10.6 Å². The number of carbonyl (C=O) groups excluding carboxylic acids is 2. The lowest BCUT2D eigenvalue weighted by Gasteiger charge is -2.10. The van der Waals surface area contributed by atoms with Gasteiger partial charge in [-0.1, -0.05) is 27.5 Å². The molecule has 0 unspecified atom stereocenters. The van der Waals surface area contributed by atoms with E-state index in [0.717, 1.165) is 0 Å². The van der Waals surface area contributed by atoms with E-state index in [9.17, 15) is 9.59 Å². The van der Waals surface area contributed by atoms with Crippen LogP contribution in [0.15, 0.2) is 22.7 Å². The number of hydrogen-bond donors (Lipinski definition) is 1. The zero-order valence-corrected chi connectivity index (χ0v) is 10.7. The fourth-order valence-electron chi connectivity index (χ4n) is 0.936. The maximum absolute atomic E-state index is 11.6. The molecule has 6 heteroatoms. The Morgan fingerprint density at radius 2 is 2.12 bits per heavy atom. The highest BCUT2D eigenvalue weighted by Gasteiger charge is 2.18. The van der Waals surface area contributed by atoms with E-state index in [0.29, 0.717) is 4.47 Å². The first-order valence-corrected chi connectivity index (χ1v) is 5.54. The molecule has 1 atom stereocenters. The van der Waals surface area contributed by atoms with Gasteiger partial charge in [0.25, 0.3) is 5.91 Å². The lowest BCUT2D eigenvalue weighted by Crippen LogP contribution is -2.30. The van der Waals surface area contributed by atoms with Gasteiger partial charge in [0.1, 0.15) is 0 Å². The van der Waals surface area contributed by atoms with Gasteiger partial charge in [0, 0.05) is 4.47 Å². The second-order valence-electron chi connectivity index (χ2n) is 3.07. The minimum absolute atomic E-state index is 0.184. The van der Waals surface area contributed by atoms with E-state index in [1.165, 1.54) is 13.0 Å². The number of primary amides is 1. The van der Waals surface area contributed by atoms with E-state index in [2.05, 4.69) is 15.9 Å². The Bertz CT molecular complexity index is 436. The van der Waals surface area contributed by atoms with Crippen molar-refractivity contribution in [1.82, 2.24) is 0 Å². The van der Waals surface area contributed by atoms with E-state index >= 15 is 0 Å². The Kier molecular flexibility index (Phi) is 4.32. The van der Waals surface area contributed by atoms with Crippen molar-refractivity contribution in [2.24, 2.45) is 5.73 Å². The van der Waals surface area contributed by atoms with Crippen molar-refractivity contribution < 1.29 is 14.3 Å². The van der Waals surface area contributed by atoms with Crippen LogP contribution in [-0.2, 0) is 9.53 Å². The van der Waals surface area contributed by atoms with Gasteiger partial charge in [-0.2, -0.15) is 0 Å². The molecule has 1 aromatic carbocycles. The predicted molar refractivity (Wildman–Crippen MR) is 63.2 cm³/mol. The topological polar surface area (TPSA) is 69.4 Å². The highest BCUT2D eigenvalue weighted by Crippen LogP contribution is 2.22. The summed E-state index contributed by atoms with van der Waals surface area (Å²) in [6.07, 6.45) is -0.984. The smallest absolute Gasteiger partial charge is 0.340 e. The van der Waals surface area contributed by atoms with Crippen molar-refractivity contribution in [2.45, 2.75) is 13.0 Å². The molecule has 0 aliphatic rings. The number of benzene rings is 1. The number of ether oxygens (including phenoxy) is 1. The maximum Gasteiger partial charge on any atom is 0.340 e. The van der Waals surface area contributed by atoms with Crippen LogP contribution in [-0.4, -0.2) is 18.0 Å². The van der Waals surface area contributed by atoms with E-state index in [4.69, 9.17) is 22.1 Å². The number of halogens is 2. The molecule has 0 bridgehead atoms. The van der Waals surface area contributed by atoms with Crippen molar-refractivity contribution in [3.63, 3.8) is 0 Å². The predicted octanol–water partition coefficient (Wildman–Crippen LogP) is 2.13. The molecule has 4 nitrogen and oxygen atoms in total. The summed E-state index contributed by atoms with van der Waals surface area (Å²) in [5, 5.41) is 0.255. The van der Waals surface area contributed by atoms with Crippen LogP contribution in [0.3, 0.4) is 0 Å². The van der Waals surface area contributed by atoms with Crippen LogP contribution >= 0.6 is 27.5 Å². The minimum Gasteiger partial charge on any atom is -0.449 e. The molecule has 1 rings (SSSR count). The molecule has 0 heterocycles. The molecule has 0 aliphatic heterocycles. The Morgan fingerprint density at radius 3 is 2.69 bits per heavy atom. The normalized spacial score (nSPS) is 11.9. The number of rotatable bonds is 3. The van der Waals surface area contributed by atoms with E-state index in [-0.39, 0.29) is 10.6 Å². The van der Waals surface area contributed by atoms with Crippen molar-refractivity contribution in [3.8, 4) is 0 Å². The molecule has 0 aromatic heterocycles. The zero-order valence-electron chi connectivity index (χ0n) is 8.37. The van der Waals surface area contributed by atoms with Gasteiger partial charge >= 0.3 is 5.97 Å². The van der Waals surface area contributed by atoms with Gasteiger partial charge in [-0.15, -0.1) is 0 Å². The summed E-state index contributed by atoms with van der Waals surface area (Å²) in [4.78, 5) is 22.3. The average Bonchev–Trinajstić information content (AvgIpc) is 2.21. The van der Waals surface area contributed by atoms with Crippen LogP contribution in [0.2, 0.25) is 5.02 Å². The fourth-order valence-corrected chi connectivity index (χ4v) is 1.49. The van der Waals surface area contributed by atoms with Gasteiger partial charge in [0.15, 0.2) is 6.10 Å². The standard InChI is InChI=1S/C10H9BrClNO3/c1-5(9(13)14)16-10(15)7-4-6(11)2-3-8(7)12/h2-5H,1H3,(H2,13,14)/t5-/m1/s1. The molecule has 1 amide bonds. The van der Waals surface area contributed by atoms with Crippen LogP contribution in [0.4, 0.5) is 0 Å². The molecule has 0 saturated carbocycles. The van der Waals surface area contributed by atoms with E-state index in [1.807, 2.05) is 0 Å². The summed E-state index contributed by atoms with van der Waals surface area (Å²) in [6, 6.07) is 4.76. The van der Waals surface area contributed by atoms with Crippen LogP contribution in [0.5, 0.6) is 0 Å². The lowest BCUT2D eigenvalue weighted by molar-refractivity contribution is -0.125. The monoisotopic (exact) mass is 305 g/mol. The third-order valence-corrected chi connectivity index (χ3v) is 2.66. The first kappa shape index (κ1) is 13.0. The molecule has 0 saturated heterocycles. The first-order chi connectivity index (χ1) is 7.41. The molecule has 16 heavy (non-hydrogen) atoms. The Balaban J connectivity index is 2.88. The van der Waals surface area contributed by atoms with Crippen molar-refractivity contribution >= 4 is 39.4 Å². The van der Waals surface area contributed by atoms with Crippen LogP contribution in [0.1, 0.15) is 17.3 Å². The fraction of sp³-hybridized carbons (Fsp3) is 0.200. The molecule has 0 radical (unpaired) electrons. The number of amides is 1. The third-order valence-electron chi connectivity index (χ3n) is 1.83. The van der Waals surface area contributed by atoms with Gasteiger partial charge < -0.3 is 10.5 Å².